The summed E-state index contributed by atoms with van der Waals surface area (Å²) in [7, 11) is 2.15. The maximum atomic E-state index is 12.9. The first kappa shape index (κ1) is 24.6. The van der Waals surface area contributed by atoms with Gasteiger partial charge < -0.3 is 15.0 Å². The predicted molar refractivity (Wildman–Crippen MR) is 136 cm³/mol. The van der Waals surface area contributed by atoms with Crippen molar-refractivity contribution in [1.29, 1.82) is 0 Å². The van der Waals surface area contributed by atoms with Crippen LogP contribution in [-0.4, -0.2) is 53.8 Å². The van der Waals surface area contributed by atoms with Crippen LogP contribution in [0.25, 0.3) is 11.1 Å². The molecule has 0 bridgehead atoms. The van der Waals surface area contributed by atoms with Crippen LogP contribution in [0, 0.1) is 5.92 Å². The van der Waals surface area contributed by atoms with Gasteiger partial charge in [-0.3, -0.25) is 4.79 Å². The summed E-state index contributed by atoms with van der Waals surface area (Å²) in [6, 6.07) is 10.2. The molecular weight excluding hydrogens is 424 g/mol. The number of unbranched alkanes of at least 4 members (excludes halogenated alkanes) is 1. The van der Waals surface area contributed by atoms with Gasteiger partial charge in [0.25, 0.3) is 5.91 Å². The minimum atomic E-state index is -0.132. The van der Waals surface area contributed by atoms with Crippen molar-refractivity contribution in [2.75, 3.05) is 26.7 Å². The van der Waals surface area contributed by atoms with Crippen molar-refractivity contribution in [3.8, 4) is 16.9 Å². The van der Waals surface area contributed by atoms with Gasteiger partial charge in [-0.25, -0.2) is 0 Å². The smallest absolute Gasteiger partial charge is 0.271 e. The number of likely N-dealkylation sites (tertiary alicyclic amines) is 1. The Hall–Kier alpha value is -2.47. The van der Waals surface area contributed by atoms with Crippen molar-refractivity contribution >= 4 is 5.91 Å². The Kier molecular flexibility index (Phi) is 8.91. The quantitative estimate of drug-likeness (QED) is 0.548. The van der Waals surface area contributed by atoms with E-state index in [0.717, 1.165) is 80.6 Å². The van der Waals surface area contributed by atoms with Gasteiger partial charge >= 0.3 is 0 Å². The number of ether oxygens (including phenoxy) is 1. The number of benzene rings is 1. The molecule has 2 aromatic rings. The second-order valence-corrected chi connectivity index (χ2v) is 10.1. The fourth-order valence-corrected chi connectivity index (χ4v) is 4.99. The van der Waals surface area contributed by atoms with Gasteiger partial charge in [0, 0.05) is 12.1 Å². The first-order chi connectivity index (χ1) is 16.6. The lowest BCUT2D eigenvalue weighted by atomic mass is 9.97. The molecule has 2 aliphatic rings. The van der Waals surface area contributed by atoms with Crippen molar-refractivity contribution in [3.63, 3.8) is 0 Å². The molecule has 0 atom stereocenters. The Morgan fingerprint density at radius 3 is 2.50 bits per heavy atom. The highest BCUT2D eigenvalue weighted by atomic mass is 16.5. The SMILES string of the molecule is CCCCc1nnc(C(=O)NCC2CCN(C)CC2)cc1-c1ccc(OC2CCCCC2)cc1. The maximum absolute atomic E-state index is 12.9. The summed E-state index contributed by atoms with van der Waals surface area (Å²) in [5, 5.41) is 11.9. The van der Waals surface area contributed by atoms with Crippen molar-refractivity contribution in [2.24, 2.45) is 5.92 Å². The van der Waals surface area contributed by atoms with Gasteiger partial charge in [-0.15, -0.1) is 5.10 Å². The molecule has 1 aliphatic carbocycles. The lowest BCUT2D eigenvalue weighted by molar-refractivity contribution is 0.0933. The van der Waals surface area contributed by atoms with Crippen molar-refractivity contribution in [2.45, 2.75) is 77.2 Å². The Labute approximate surface area is 204 Å². The molecule has 1 aromatic carbocycles. The van der Waals surface area contributed by atoms with E-state index in [-0.39, 0.29) is 5.91 Å². The third-order valence-electron chi connectivity index (χ3n) is 7.28. The summed E-state index contributed by atoms with van der Waals surface area (Å²) in [5.41, 5.74) is 3.40. The molecule has 1 saturated heterocycles. The molecule has 6 heteroatoms. The summed E-state index contributed by atoms with van der Waals surface area (Å²) in [6.45, 7) is 5.07. The maximum Gasteiger partial charge on any atom is 0.271 e. The average molecular weight is 465 g/mol. The lowest BCUT2D eigenvalue weighted by Gasteiger charge is -2.28. The predicted octanol–water partition coefficient (Wildman–Crippen LogP) is 5.27. The van der Waals surface area contributed by atoms with Crippen LogP contribution in [0.1, 0.15) is 80.9 Å². The van der Waals surface area contributed by atoms with Gasteiger partial charge in [-0.1, -0.05) is 31.9 Å². The van der Waals surface area contributed by atoms with Crippen LogP contribution in [0.15, 0.2) is 30.3 Å². The molecular formula is C28H40N4O2. The van der Waals surface area contributed by atoms with E-state index in [0.29, 0.717) is 24.3 Å². The molecule has 184 valence electrons. The Balaban J connectivity index is 1.45. The molecule has 1 amide bonds. The number of piperidine rings is 1. The highest BCUT2D eigenvalue weighted by molar-refractivity contribution is 5.93. The molecule has 6 nitrogen and oxygen atoms in total. The molecule has 1 aliphatic heterocycles. The standard InChI is InChI=1S/C28H40N4O2/c1-3-4-10-26-25(22-11-13-24(14-12-22)34-23-8-6-5-7-9-23)19-27(31-30-26)28(33)29-20-21-15-17-32(2)18-16-21/h11-14,19,21,23H,3-10,15-18,20H2,1-2H3,(H,29,33). The van der Waals surface area contributed by atoms with Crippen LogP contribution in [-0.2, 0) is 6.42 Å². The highest BCUT2D eigenvalue weighted by Gasteiger charge is 2.20. The summed E-state index contributed by atoms with van der Waals surface area (Å²) >= 11 is 0. The molecule has 1 N–H and O–H groups in total. The second-order valence-electron chi connectivity index (χ2n) is 10.1. The first-order valence-corrected chi connectivity index (χ1v) is 13.2. The van der Waals surface area contributed by atoms with Crippen molar-refractivity contribution in [1.82, 2.24) is 20.4 Å². The number of carbonyl (C=O) groups is 1. The van der Waals surface area contributed by atoms with Gasteiger partial charge in [-0.05, 0) is 101 Å². The summed E-state index contributed by atoms with van der Waals surface area (Å²) in [5.74, 6) is 1.32. The molecule has 1 aromatic heterocycles. The number of nitrogens with zero attached hydrogens (tertiary/aromatic N) is 3. The first-order valence-electron chi connectivity index (χ1n) is 13.2. The molecule has 34 heavy (non-hydrogen) atoms. The Morgan fingerprint density at radius 2 is 1.79 bits per heavy atom. The van der Waals surface area contributed by atoms with Crippen molar-refractivity contribution < 1.29 is 9.53 Å². The average Bonchev–Trinajstić information content (AvgIpc) is 2.88. The van der Waals surface area contributed by atoms with Crippen LogP contribution in [0.4, 0.5) is 0 Å². The molecule has 4 rings (SSSR count). The van der Waals surface area contributed by atoms with Gasteiger partial charge in [-0.2, -0.15) is 5.10 Å². The topological polar surface area (TPSA) is 67.4 Å². The zero-order valence-electron chi connectivity index (χ0n) is 20.9. The number of carbonyl (C=O) groups excluding carboxylic acids is 1. The van der Waals surface area contributed by atoms with Crippen LogP contribution in [0.3, 0.4) is 0 Å². The minimum Gasteiger partial charge on any atom is -0.490 e. The Bertz CT molecular complexity index is 917. The van der Waals surface area contributed by atoms with Crippen LogP contribution >= 0.6 is 0 Å². The zero-order chi connectivity index (χ0) is 23.8. The summed E-state index contributed by atoms with van der Waals surface area (Å²) in [6.07, 6.45) is 11.7. The summed E-state index contributed by atoms with van der Waals surface area (Å²) < 4.78 is 6.20. The van der Waals surface area contributed by atoms with E-state index >= 15 is 0 Å². The number of aryl methyl sites for hydroxylation is 1. The minimum absolute atomic E-state index is 0.132. The van der Waals surface area contributed by atoms with E-state index in [1.54, 1.807) is 0 Å². The van der Waals surface area contributed by atoms with Crippen LogP contribution in [0.2, 0.25) is 0 Å². The molecule has 1 saturated carbocycles. The monoisotopic (exact) mass is 464 g/mol. The van der Waals surface area contributed by atoms with Crippen LogP contribution < -0.4 is 10.1 Å². The number of amides is 1. The van der Waals surface area contributed by atoms with Crippen molar-refractivity contribution in [3.05, 3.63) is 41.7 Å². The number of aromatic nitrogens is 2. The summed E-state index contributed by atoms with van der Waals surface area (Å²) in [4.78, 5) is 15.2. The number of hydrogen-bond acceptors (Lipinski definition) is 5. The molecule has 2 fully saturated rings. The Morgan fingerprint density at radius 1 is 1.06 bits per heavy atom. The third-order valence-corrected chi connectivity index (χ3v) is 7.28. The number of rotatable bonds is 9. The van der Waals surface area contributed by atoms with E-state index in [1.165, 1.54) is 19.3 Å². The highest BCUT2D eigenvalue weighted by Crippen LogP contribution is 2.28. The molecule has 0 radical (unpaired) electrons. The number of nitrogens with one attached hydrogen (secondary N) is 1. The van der Waals surface area contributed by atoms with E-state index in [9.17, 15) is 4.79 Å². The van der Waals surface area contributed by atoms with E-state index in [2.05, 4.69) is 46.5 Å². The van der Waals surface area contributed by atoms with Crippen LogP contribution in [0.5, 0.6) is 5.75 Å². The lowest BCUT2D eigenvalue weighted by Crippen LogP contribution is -2.37. The normalized spacial score (nSPS) is 18.1. The largest absolute Gasteiger partial charge is 0.490 e. The third kappa shape index (κ3) is 6.78. The van der Waals surface area contributed by atoms with Gasteiger partial charge in [0.2, 0.25) is 0 Å². The fourth-order valence-electron chi connectivity index (χ4n) is 4.99. The second kappa shape index (κ2) is 12.3. The molecule has 0 unspecified atom stereocenters. The van der Waals surface area contributed by atoms with Gasteiger partial charge in [0.15, 0.2) is 5.69 Å². The zero-order valence-corrected chi connectivity index (χ0v) is 20.9. The van der Waals surface area contributed by atoms with E-state index in [1.807, 2.05) is 18.2 Å². The number of hydrogen-bond donors (Lipinski definition) is 1. The van der Waals surface area contributed by atoms with E-state index < -0.39 is 0 Å². The fraction of sp³-hybridized carbons (Fsp3) is 0.607. The molecule has 2 heterocycles. The molecule has 0 spiro atoms. The van der Waals surface area contributed by atoms with E-state index in [4.69, 9.17) is 4.74 Å². The van der Waals surface area contributed by atoms with Gasteiger partial charge in [0.1, 0.15) is 5.75 Å². The van der Waals surface area contributed by atoms with Gasteiger partial charge in [0.05, 0.1) is 11.8 Å².